The van der Waals surface area contributed by atoms with Crippen LogP contribution >= 0.6 is 0 Å². The van der Waals surface area contributed by atoms with Crippen molar-refractivity contribution in [2.24, 2.45) is 0 Å². The average Bonchev–Trinajstić information content (AvgIpc) is 2.94. The minimum Gasteiger partial charge on any atom is -0.454 e. The van der Waals surface area contributed by atoms with Crippen molar-refractivity contribution in [2.75, 3.05) is 6.79 Å². The van der Waals surface area contributed by atoms with Gasteiger partial charge < -0.3 is 14.2 Å². The summed E-state index contributed by atoms with van der Waals surface area (Å²) in [5.41, 5.74) is 0.371. The lowest BCUT2D eigenvalue weighted by Gasteiger charge is -2.29. The second-order valence-electron chi connectivity index (χ2n) is 5.34. The standard InChI is InChI=1S/C18H20O4/c1-5-6-7-10-18(4,22-17(19)13(2)3)14-8-9-15-16(11-14)21-12-20-15/h5-9,11H,1-2,10,12H2,3-4H3/b7-6+. The van der Waals surface area contributed by atoms with Crippen molar-refractivity contribution in [3.63, 3.8) is 0 Å². The molecule has 1 atom stereocenters. The minimum atomic E-state index is -0.823. The molecule has 1 aliphatic heterocycles. The monoisotopic (exact) mass is 300 g/mol. The van der Waals surface area contributed by atoms with Gasteiger partial charge in [-0.15, -0.1) is 0 Å². The molecule has 0 aliphatic carbocycles. The van der Waals surface area contributed by atoms with Crippen LogP contribution in [0.25, 0.3) is 0 Å². The second kappa shape index (κ2) is 6.52. The molecule has 0 aromatic heterocycles. The van der Waals surface area contributed by atoms with E-state index in [1.165, 1.54) is 0 Å². The number of carbonyl (C=O) groups excluding carboxylic acids is 1. The highest BCUT2D eigenvalue weighted by molar-refractivity contribution is 5.87. The molecule has 0 spiro atoms. The average molecular weight is 300 g/mol. The van der Waals surface area contributed by atoms with Gasteiger partial charge >= 0.3 is 5.97 Å². The Morgan fingerprint density at radius 3 is 2.82 bits per heavy atom. The molecule has 22 heavy (non-hydrogen) atoms. The Balaban J connectivity index is 2.34. The SMILES string of the molecule is C=C/C=C/CC(C)(OC(=O)C(=C)C)c1ccc2c(c1)OCO2. The number of carbonyl (C=O) groups is 1. The third-order valence-electron chi connectivity index (χ3n) is 3.43. The molecule has 0 bridgehead atoms. The van der Waals surface area contributed by atoms with Gasteiger partial charge in [0, 0.05) is 12.0 Å². The summed E-state index contributed by atoms with van der Waals surface area (Å²) in [4.78, 5) is 12.0. The fourth-order valence-electron chi connectivity index (χ4n) is 2.12. The molecule has 4 nitrogen and oxygen atoms in total. The summed E-state index contributed by atoms with van der Waals surface area (Å²) in [6.07, 6.45) is 5.92. The molecule has 1 aromatic rings. The molecule has 0 saturated carbocycles. The van der Waals surface area contributed by atoms with E-state index in [4.69, 9.17) is 14.2 Å². The lowest BCUT2D eigenvalue weighted by molar-refractivity contribution is -0.153. The Labute approximate surface area is 130 Å². The van der Waals surface area contributed by atoms with Crippen LogP contribution in [0.2, 0.25) is 0 Å². The first kappa shape index (κ1) is 15.9. The molecule has 0 radical (unpaired) electrons. The zero-order valence-electron chi connectivity index (χ0n) is 12.9. The van der Waals surface area contributed by atoms with Gasteiger partial charge in [0.05, 0.1) is 0 Å². The number of fused-ring (bicyclic) bond motifs is 1. The van der Waals surface area contributed by atoms with E-state index in [0.717, 1.165) is 5.56 Å². The summed E-state index contributed by atoms with van der Waals surface area (Å²) in [6.45, 7) is 11.0. The number of ether oxygens (including phenoxy) is 3. The van der Waals surface area contributed by atoms with Crippen molar-refractivity contribution in [3.05, 3.63) is 60.7 Å². The molecule has 4 heteroatoms. The predicted octanol–water partition coefficient (Wildman–Crippen LogP) is 3.88. The van der Waals surface area contributed by atoms with Gasteiger partial charge in [-0.25, -0.2) is 4.79 Å². The molecular formula is C18H20O4. The lowest BCUT2D eigenvalue weighted by Crippen LogP contribution is -2.29. The smallest absolute Gasteiger partial charge is 0.333 e. The number of allylic oxidation sites excluding steroid dienone is 2. The van der Waals surface area contributed by atoms with Crippen LogP contribution in [0.15, 0.2) is 55.2 Å². The van der Waals surface area contributed by atoms with E-state index in [1.54, 1.807) is 13.0 Å². The van der Waals surface area contributed by atoms with Crippen molar-refractivity contribution < 1.29 is 19.0 Å². The zero-order chi connectivity index (χ0) is 16.2. The minimum absolute atomic E-state index is 0.206. The third-order valence-corrected chi connectivity index (χ3v) is 3.43. The highest BCUT2D eigenvalue weighted by Gasteiger charge is 2.32. The van der Waals surface area contributed by atoms with E-state index in [0.29, 0.717) is 23.5 Å². The van der Waals surface area contributed by atoms with Gasteiger partial charge in [-0.2, -0.15) is 0 Å². The maximum absolute atomic E-state index is 12.0. The Kier molecular flexibility index (Phi) is 4.71. The molecule has 0 N–H and O–H groups in total. The van der Waals surface area contributed by atoms with E-state index in [1.807, 2.05) is 37.3 Å². The number of hydrogen-bond donors (Lipinski definition) is 0. The maximum Gasteiger partial charge on any atom is 0.333 e. The first-order valence-electron chi connectivity index (χ1n) is 7.03. The fourth-order valence-corrected chi connectivity index (χ4v) is 2.12. The van der Waals surface area contributed by atoms with Crippen LogP contribution in [0.4, 0.5) is 0 Å². The third kappa shape index (κ3) is 3.39. The molecular weight excluding hydrogens is 280 g/mol. The van der Waals surface area contributed by atoms with Gasteiger partial charge in [0.2, 0.25) is 6.79 Å². The maximum atomic E-state index is 12.0. The largest absolute Gasteiger partial charge is 0.454 e. The summed E-state index contributed by atoms with van der Waals surface area (Å²) in [5.74, 6) is 0.925. The van der Waals surface area contributed by atoms with Crippen LogP contribution < -0.4 is 9.47 Å². The first-order chi connectivity index (χ1) is 10.5. The van der Waals surface area contributed by atoms with Gasteiger partial charge in [0.25, 0.3) is 0 Å². The summed E-state index contributed by atoms with van der Waals surface area (Å²) in [6, 6.07) is 5.54. The number of rotatable bonds is 6. The summed E-state index contributed by atoms with van der Waals surface area (Å²) < 4.78 is 16.4. The highest BCUT2D eigenvalue weighted by atomic mass is 16.7. The Morgan fingerprint density at radius 1 is 1.41 bits per heavy atom. The van der Waals surface area contributed by atoms with E-state index < -0.39 is 11.6 Å². The van der Waals surface area contributed by atoms with Gasteiger partial charge in [-0.1, -0.05) is 37.5 Å². The predicted molar refractivity (Wildman–Crippen MR) is 84.8 cm³/mol. The van der Waals surface area contributed by atoms with E-state index in [-0.39, 0.29) is 6.79 Å². The van der Waals surface area contributed by atoms with Crippen molar-refractivity contribution >= 4 is 5.97 Å². The van der Waals surface area contributed by atoms with E-state index in [9.17, 15) is 4.79 Å². The lowest BCUT2D eigenvalue weighted by atomic mass is 9.91. The first-order valence-corrected chi connectivity index (χ1v) is 7.03. The van der Waals surface area contributed by atoms with E-state index in [2.05, 4.69) is 13.2 Å². The number of esters is 1. The molecule has 0 amide bonds. The van der Waals surface area contributed by atoms with E-state index >= 15 is 0 Å². The fraction of sp³-hybridized carbons (Fsp3) is 0.278. The van der Waals surface area contributed by atoms with Gasteiger partial charge in [0.1, 0.15) is 5.60 Å². The van der Waals surface area contributed by atoms with Crippen molar-refractivity contribution in [3.8, 4) is 11.5 Å². The second-order valence-corrected chi connectivity index (χ2v) is 5.34. The molecule has 1 aliphatic rings. The molecule has 1 heterocycles. The quantitative estimate of drug-likeness (QED) is 0.454. The number of hydrogen-bond acceptors (Lipinski definition) is 4. The van der Waals surface area contributed by atoms with Crippen LogP contribution in [0.5, 0.6) is 11.5 Å². The normalized spacial score (nSPS) is 15.4. The Hall–Kier alpha value is -2.49. The van der Waals surface area contributed by atoms with Crippen molar-refractivity contribution in [1.82, 2.24) is 0 Å². The van der Waals surface area contributed by atoms with Crippen LogP contribution in [0.1, 0.15) is 25.8 Å². The zero-order valence-corrected chi connectivity index (χ0v) is 12.9. The molecule has 2 rings (SSSR count). The Morgan fingerprint density at radius 2 is 2.14 bits per heavy atom. The highest BCUT2D eigenvalue weighted by Crippen LogP contribution is 2.38. The van der Waals surface area contributed by atoms with Crippen LogP contribution in [0, 0.1) is 0 Å². The molecule has 1 aromatic carbocycles. The Bertz CT molecular complexity index is 630. The molecule has 116 valence electrons. The van der Waals surface area contributed by atoms with Gasteiger partial charge in [-0.3, -0.25) is 0 Å². The summed E-state index contributed by atoms with van der Waals surface area (Å²) >= 11 is 0. The van der Waals surface area contributed by atoms with Gasteiger partial charge in [-0.05, 0) is 31.5 Å². The summed E-state index contributed by atoms with van der Waals surface area (Å²) in [5, 5.41) is 0. The molecule has 0 fully saturated rings. The summed E-state index contributed by atoms with van der Waals surface area (Å²) in [7, 11) is 0. The van der Waals surface area contributed by atoms with Crippen LogP contribution in [-0.2, 0) is 15.1 Å². The molecule has 1 unspecified atom stereocenters. The topological polar surface area (TPSA) is 44.8 Å². The van der Waals surface area contributed by atoms with Crippen LogP contribution in [-0.4, -0.2) is 12.8 Å². The van der Waals surface area contributed by atoms with Crippen molar-refractivity contribution in [1.29, 1.82) is 0 Å². The van der Waals surface area contributed by atoms with Crippen LogP contribution in [0.3, 0.4) is 0 Å². The van der Waals surface area contributed by atoms with Gasteiger partial charge in [0.15, 0.2) is 11.5 Å². The van der Waals surface area contributed by atoms with Crippen molar-refractivity contribution in [2.45, 2.75) is 25.9 Å². The molecule has 0 saturated heterocycles. The number of benzene rings is 1.